The molecular formula is C18H28N4O18-4. The minimum absolute atomic E-state index is 0.560. The molecule has 1 saturated heterocycles. The smallest absolute Gasteiger partial charge is 0.309 e. The summed E-state index contributed by atoms with van der Waals surface area (Å²) >= 11 is 0. The number of hydroxylamine groups is 8. The Morgan fingerprint density at radius 1 is 0.625 bits per heavy atom. The van der Waals surface area contributed by atoms with Gasteiger partial charge < -0.3 is 70.4 Å². The number of hydrogen-bond donors (Lipinski definition) is 5. The second kappa shape index (κ2) is 17.9. The van der Waals surface area contributed by atoms with Gasteiger partial charge in [-0.1, -0.05) is 0 Å². The van der Waals surface area contributed by atoms with E-state index < -0.39 is 134 Å². The summed E-state index contributed by atoms with van der Waals surface area (Å²) in [7, 11) is 0. The number of nitrogens with zero attached hydrogens (tertiary/aromatic N) is 4. The number of carbonyl (C=O) groups is 4. The van der Waals surface area contributed by atoms with Crippen LogP contribution in [0.15, 0.2) is 0 Å². The van der Waals surface area contributed by atoms with Crippen LogP contribution in [-0.2, 0) is 42.9 Å². The van der Waals surface area contributed by atoms with E-state index in [2.05, 4.69) is 0 Å². The lowest BCUT2D eigenvalue weighted by atomic mass is 9.98. The largest absolute Gasteiger partial charge is 0.762 e. The van der Waals surface area contributed by atoms with Crippen molar-refractivity contribution in [2.24, 2.45) is 0 Å². The average molecular weight is 588 g/mol. The van der Waals surface area contributed by atoms with Gasteiger partial charge in [0, 0.05) is 26.2 Å². The highest BCUT2D eigenvalue weighted by atomic mass is 16.8. The third kappa shape index (κ3) is 14.1. The van der Waals surface area contributed by atoms with Gasteiger partial charge in [0.05, 0.1) is 25.7 Å². The predicted octanol–water partition coefficient (Wildman–Crippen LogP) is -2.70. The highest BCUT2D eigenvalue weighted by Crippen LogP contribution is 2.28. The summed E-state index contributed by atoms with van der Waals surface area (Å²) in [5, 5.41) is 85.7. The molecule has 22 heteroatoms. The van der Waals surface area contributed by atoms with E-state index in [9.17, 15) is 45.1 Å². The summed E-state index contributed by atoms with van der Waals surface area (Å²) in [4.78, 5) is 48.5. The monoisotopic (exact) mass is 588 g/mol. The Balaban J connectivity index is 3.21. The van der Waals surface area contributed by atoms with Gasteiger partial charge in [-0.15, -0.1) is 0 Å². The Bertz CT molecular complexity index is 788. The summed E-state index contributed by atoms with van der Waals surface area (Å²) in [6.07, 6.45) is -12.5. The molecule has 1 aliphatic rings. The highest BCUT2D eigenvalue weighted by Gasteiger charge is 2.51. The molecular weight excluding hydrogens is 560 g/mol. The topological polar surface area (TPSA) is 321 Å². The lowest BCUT2D eigenvalue weighted by Gasteiger charge is -2.42. The molecule has 0 aromatic heterocycles. The number of aliphatic hydroxyl groups excluding tert-OH is 1. The molecule has 232 valence electrons. The van der Waals surface area contributed by atoms with Crippen molar-refractivity contribution >= 4 is 23.9 Å². The van der Waals surface area contributed by atoms with Crippen molar-refractivity contribution in [3.05, 3.63) is 20.8 Å². The third-order valence-electron chi connectivity index (χ3n) is 4.83. The summed E-state index contributed by atoms with van der Waals surface area (Å²) in [6.45, 7) is -3.87. The number of hydrogen-bond acceptors (Lipinski definition) is 22. The van der Waals surface area contributed by atoms with Gasteiger partial charge >= 0.3 is 23.9 Å². The maximum atomic E-state index is 12.3. The zero-order valence-electron chi connectivity index (χ0n) is 20.6. The molecule has 1 fully saturated rings. The van der Waals surface area contributed by atoms with Gasteiger partial charge in [0.1, 0.15) is 12.7 Å². The van der Waals surface area contributed by atoms with E-state index in [1.807, 2.05) is 0 Å². The van der Waals surface area contributed by atoms with Crippen molar-refractivity contribution < 1.29 is 68.8 Å². The molecule has 1 aliphatic heterocycles. The summed E-state index contributed by atoms with van der Waals surface area (Å²) in [6, 6.07) is 0. The Labute approximate surface area is 224 Å². The Morgan fingerprint density at radius 2 is 1.00 bits per heavy atom. The van der Waals surface area contributed by atoms with Crippen molar-refractivity contribution in [1.82, 2.24) is 20.9 Å². The number of ether oxygens (including phenoxy) is 5. The van der Waals surface area contributed by atoms with Crippen molar-refractivity contribution in [3.8, 4) is 0 Å². The van der Waals surface area contributed by atoms with E-state index in [4.69, 9.17) is 44.5 Å². The molecule has 0 aromatic carbocycles. The van der Waals surface area contributed by atoms with E-state index in [-0.39, 0.29) is 0 Å². The first-order valence-corrected chi connectivity index (χ1v) is 11.3. The lowest BCUT2D eigenvalue weighted by Crippen LogP contribution is -2.62. The van der Waals surface area contributed by atoms with E-state index in [0.29, 0.717) is 0 Å². The molecule has 1 rings (SSSR count). The molecule has 0 bridgehead atoms. The third-order valence-corrected chi connectivity index (χ3v) is 4.83. The maximum Gasteiger partial charge on any atom is 0.309 e. The van der Waals surface area contributed by atoms with Gasteiger partial charge in [-0.25, -0.2) is 0 Å². The molecule has 0 aromatic rings. The molecule has 5 unspecified atom stereocenters. The molecule has 1 heterocycles. The number of aliphatic hydroxyl groups is 1. The molecule has 22 nitrogen and oxygen atoms in total. The maximum absolute atomic E-state index is 12.3. The van der Waals surface area contributed by atoms with E-state index in [1.54, 1.807) is 0 Å². The fraction of sp³-hybridized carbons (Fsp3) is 0.778. The minimum atomic E-state index is -2.13. The Morgan fingerprint density at radius 3 is 1.43 bits per heavy atom. The molecule has 0 spiro atoms. The quantitative estimate of drug-likeness (QED) is 0.0655. The minimum Gasteiger partial charge on any atom is -0.762 e. The van der Waals surface area contributed by atoms with Crippen molar-refractivity contribution in [3.63, 3.8) is 0 Å². The van der Waals surface area contributed by atoms with E-state index >= 15 is 0 Å². The van der Waals surface area contributed by atoms with Crippen LogP contribution in [0.4, 0.5) is 0 Å². The molecule has 0 radical (unpaired) electrons. The van der Waals surface area contributed by atoms with Crippen molar-refractivity contribution in [1.29, 1.82) is 0 Å². The Kier molecular flexibility index (Phi) is 15.8. The molecule has 0 saturated carbocycles. The number of esters is 4. The van der Waals surface area contributed by atoms with Crippen LogP contribution in [0.5, 0.6) is 0 Å². The van der Waals surface area contributed by atoms with Crippen molar-refractivity contribution in [2.75, 3.05) is 32.8 Å². The zero-order chi connectivity index (χ0) is 30.4. The number of carbonyl (C=O) groups excluding carboxylic acids is 4. The molecule has 0 amide bonds. The van der Waals surface area contributed by atoms with Crippen LogP contribution in [0, 0.1) is 20.8 Å². The van der Waals surface area contributed by atoms with Crippen LogP contribution in [0.2, 0.25) is 0 Å². The van der Waals surface area contributed by atoms with Gasteiger partial charge in [-0.3, -0.25) is 40.1 Å². The van der Waals surface area contributed by atoms with Crippen LogP contribution in [0.1, 0.15) is 25.7 Å². The normalized spacial score (nSPS) is 23.0. The predicted molar refractivity (Wildman–Crippen MR) is 117 cm³/mol. The molecule has 5 atom stereocenters. The Hall–Kier alpha value is -2.68. The van der Waals surface area contributed by atoms with Gasteiger partial charge in [-0.05, 0) is 0 Å². The molecule has 40 heavy (non-hydrogen) atoms. The highest BCUT2D eigenvalue weighted by molar-refractivity contribution is 5.72. The number of rotatable bonds is 17. The standard InChI is InChI=1S/C18H28N4O18/c23-11(1-5-19(28)29)36-9-10-16(38-12(24)2-6-20(30)31)17(39-13(25)3-7-21(32)33)15(27)18(37-10)40-14(26)4-8-22(34)35/h10,15-18,27-28,30,32,34H,1-9H2/q-4. The van der Waals surface area contributed by atoms with Crippen molar-refractivity contribution in [2.45, 2.75) is 56.4 Å². The average Bonchev–Trinajstić information content (AvgIpc) is 2.86. The molecule has 5 N–H and O–H groups in total. The SMILES string of the molecule is O=C(CCN([O-])O)OCC1OC(OC(=O)CCN([O-])O)C(O)C(OC(=O)CCN([O-])O)C1OC(=O)CCN([O-])O. The van der Waals surface area contributed by atoms with Crippen LogP contribution in [-0.4, -0.2) is 134 Å². The molecule has 0 aliphatic carbocycles. The zero-order valence-corrected chi connectivity index (χ0v) is 20.6. The summed E-state index contributed by atoms with van der Waals surface area (Å²) in [5.41, 5.74) is 0. The van der Waals surface area contributed by atoms with E-state index in [1.165, 1.54) is 0 Å². The van der Waals surface area contributed by atoms with E-state index in [0.717, 1.165) is 0 Å². The second-order valence-corrected chi connectivity index (χ2v) is 7.92. The summed E-state index contributed by atoms with van der Waals surface area (Å²) in [5.74, 6) is -4.76. The summed E-state index contributed by atoms with van der Waals surface area (Å²) < 4.78 is 25.3. The van der Waals surface area contributed by atoms with Gasteiger partial charge in [0.25, 0.3) is 0 Å². The van der Waals surface area contributed by atoms with Crippen LogP contribution < -0.4 is 0 Å². The lowest BCUT2D eigenvalue weighted by molar-refractivity contribution is -0.299. The van der Waals surface area contributed by atoms with Crippen LogP contribution in [0.25, 0.3) is 0 Å². The fourth-order valence-corrected chi connectivity index (χ4v) is 3.01. The van der Waals surface area contributed by atoms with Gasteiger partial charge in [-0.2, -0.15) is 0 Å². The first-order valence-electron chi connectivity index (χ1n) is 11.3. The van der Waals surface area contributed by atoms with Crippen LogP contribution >= 0.6 is 0 Å². The first-order chi connectivity index (χ1) is 18.7. The second-order valence-electron chi connectivity index (χ2n) is 7.92. The fourth-order valence-electron chi connectivity index (χ4n) is 3.01. The van der Waals surface area contributed by atoms with Gasteiger partial charge in [0.2, 0.25) is 6.29 Å². The van der Waals surface area contributed by atoms with Crippen LogP contribution in [0.3, 0.4) is 0 Å². The first kappa shape index (κ1) is 35.3. The van der Waals surface area contributed by atoms with Gasteiger partial charge in [0.15, 0.2) is 18.3 Å².